The van der Waals surface area contributed by atoms with E-state index in [2.05, 4.69) is 15.0 Å². The van der Waals surface area contributed by atoms with Gasteiger partial charge in [0, 0.05) is 38.3 Å². The summed E-state index contributed by atoms with van der Waals surface area (Å²) in [5.41, 5.74) is 1.24. The predicted octanol–water partition coefficient (Wildman–Crippen LogP) is 4.02. The van der Waals surface area contributed by atoms with Crippen molar-refractivity contribution in [3.63, 3.8) is 0 Å². The molecule has 0 atom stereocenters. The predicted molar refractivity (Wildman–Crippen MR) is 107 cm³/mol. The number of benzene rings is 2. The van der Waals surface area contributed by atoms with Crippen molar-refractivity contribution < 1.29 is 27.4 Å². The van der Waals surface area contributed by atoms with Crippen LogP contribution in [-0.2, 0) is 6.54 Å². The van der Waals surface area contributed by atoms with Crippen molar-refractivity contribution >= 4 is 11.7 Å². The summed E-state index contributed by atoms with van der Waals surface area (Å²) >= 11 is 0. The lowest BCUT2D eigenvalue weighted by Crippen LogP contribution is -2.51. The molecule has 2 aromatic rings. The summed E-state index contributed by atoms with van der Waals surface area (Å²) in [6.07, 6.45) is -4.78. The number of nitrogens with zero attached hydrogens (tertiary/aromatic N) is 2. The smallest absolute Gasteiger partial charge is 0.492 e. The van der Waals surface area contributed by atoms with E-state index < -0.39 is 6.36 Å². The number of nitrogens with one attached hydrogen (secondary N) is 1. The molecule has 9 heteroatoms. The maximum atomic E-state index is 12.5. The highest BCUT2D eigenvalue weighted by molar-refractivity contribution is 5.74. The molecule has 1 aliphatic rings. The van der Waals surface area contributed by atoms with E-state index in [-0.39, 0.29) is 23.9 Å². The molecule has 0 aliphatic carbocycles. The Labute approximate surface area is 173 Å². The highest BCUT2D eigenvalue weighted by atomic mass is 19.4. The molecule has 1 aliphatic heterocycles. The molecule has 0 unspecified atom stereocenters. The normalized spacial score (nSPS) is 14.4. The lowest BCUT2D eigenvalue weighted by atomic mass is 10.2. The first-order valence-electron chi connectivity index (χ1n) is 9.70. The molecule has 0 radical (unpaired) electrons. The van der Waals surface area contributed by atoms with Crippen molar-refractivity contribution in [1.29, 1.82) is 0 Å². The van der Waals surface area contributed by atoms with Crippen LogP contribution in [0.4, 0.5) is 23.7 Å². The van der Waals surface area contributed by atoms with Crippen LogP contribution in [0.25, 0.3) is 0 Å². The van der Waals surface area contributed by atoms with Crippen molar-refractivity contribution in [2.24, 2.45) is 0 Å². The first-order chi connectivity index (χ1) is 14.4. The van der Waals surface area contributed by atoms with Gasteiger partial charge in [-0.05, 0) is 25.1 Å². The minimum atomic E-state index is -4.78. The molecule has 0 aromatic heterocycles. The molecule has 0 spiro atoms. The first kappa shape index (κ1) is 21.6. The van der Waals surface area contributed by atoms with Crippen molar-refractivity contribution in [1.82, 2.24) is 10.2 Å². The van der Waals surface area contributed by atoms with Gasteiger partial charge in [0.05, 0.1) is 12.3 Å². The average molecular weight is 423 g/mol. The van der Waals surface area contributed by atoms with E-state index in [1.165, 1.54) is 18.2 Å². The summed E-state index contributed by atoms with van der Waals surface area (Å²) < 4.78 is 47.3. The molecule has 1 fully saturated rings. The Hall–Kier alpha value is -3.10. The van der Waals surface area contributed by atoms with Crippen LogP contribution in [0.2, 0.25) is 0 Å². The largest absolute Gasteiger partial charge is 0.573 e. The number of rotatable bonds is 6. The van der Waals surface area contributed by atoms with Gasteiger partial charge in [-0.25, -0.2) is 4.79 Å². The molecule has 1 saturated heterocycles. The second-order valence-electron chi connectivity index (χ2n) is 6.69. The minimum Gasteiger partial charge on any atom is -0.492 e. The molecule has 0 bridgehead atoms. The molecule has 162 valence electrons. The number of carbonyl (C=O) groups is 1. The number of para-hydroxylation sites is 3. The number of urea groups is 1. The van der Waals surface area contributed by atoms with Gasteiger partial charge in [-0.2, -0.15) is 0 Å². The van der Waals surface area contributed by atoms with Gasteiger partial charge in [0.2, 0.25) is 0 Å². The summed E-state index contributed by atoms with van der Waals surface area (Å²) in [4.78, 5) is 16.3. The second-order valence-corrected chi connectivity index (χ2v) is 6.69. The van der Waals surface area contributed by atoms with Gasteiger partial charge in [-0.1, -0.05) is 30.3 Å². The Morgan fingerprint density at radius 2 is 1.63 bits per heavy atom. The fourth-order valence-electron chi connectivity index (χ4n) is 3.30. The number of anilines is 1. The molecule has 6 nitrogen and oxygen atoms in total. The fraction of sp³-hybridized carbons (Fsp3) is 0.381. The zero-order chi connectivity index (χ0) is 21.6. The highest BCUT2D eigenvalue weighted by Crippen LogP contribution is 2.29. The topological polar surface area (TPSA) is 54.0 Å². The average Bonchev–Trinajstić information content (AvgIpc) is 2.73. The van der Waals surface area contributed by atoms with Gasteiger partial charge in [-0.15, -0.1) is 13.2 Å². The monoisotopic (exact) mass is 423 g/mol. The van der Waals surface area contributed by atoms with Gasteiger partial charge in [0.1, 0.15) is 11.5 Å². The number of amides is 2. The van der Waals surface area contributed by atoms with Crippen LogP contribution in [0.5, 0.6) is 11.5 Å². The summed E-state index contributed by atoms with van der Waals surface area (Å²) in [5, 5.41) is 2.68. The van der Waals surface area contributed by atoms with Crippen LogP contribution >= 0.6 is 0 Å². The Bertz CT molecular complexity index is 853. The summed E-state index contributed by atoms with van der Waals surface area (Å²) in [6.45, 7) is 4.69. The maximum absolute atomic E-state index is 12.5. The third kappa shape index (κ3) is 5.71. The van der Waals surface area contributed by atoms with Gasteiger partial charge in [0.15, 0.2) is 0 Å². The third-order valence-electron chi connectivity index (χ3n) is 4.70. The molecule has 3 rings (SSSR count). The van der Waals surface area contributed by atoms with E-state index in [0.717, 1.165) is 11.4 Å². The Morgan fingerprint density at radius 1 is 1.00 bits per heavy atom. The molecule has 1 N–H and O–H groups in total. The van der Waals surface area contributed by atoms with E-state index in [1.54, 1.807) is 11.0 Å². The van der Waals surface area contributed by atoms with Crippen molar-refractivity contribution in [3.05, 3.63) is 54.1 Å². The molecular weight excluding hydrogens is 399 g/mol. The van der Waals surface area contributed by atoms with E-state index in [4.69, 9.17) is 4.74 Å². The number of ether oxygens (including phenoxy) is 2. The zero-order valence-corrected chi connectivity index (χ0v) is 16.6. The van der Waals surface area contributed by atoms with E-state index in [9.17, 15) is 18.0 Å². The van der Waals surface area contributed by atoms with Crippen LogP contribution in [0, 0.1) is 0 Å². The zero-order valence-electron chi connectivity index (χ0n) is 16.6. The van der Waals surface area contributed by atoms with Crippen molar-refractivity contribution in [2.75, 3.05) is 37.7 Å². The van der Waals surface area contributed by atoms with Crippen molar-refractivity contribution in [3.8, 4) is 11.5 Å². The Morgan fingerprint density at radius 3 is 2.30 bits per heavy atom. The second kappa shape index (κ2) is 9.60. The van der Waals surface area contributed by atoms with E-state index in [0.29, 0.717) is 32.8 Å². The standard InChI is InChI=1S/C21H24F3N3O3/c1-2-29-19-10-6-4-8-17(19)26-11-13-27(14-12-26)20(28)25-15-16-7-3-5-9-18(16)30-21(22,23)24/h3-10H,2,11-15H2,1H3,(H,25,28). The number of hydrogen-bond acceptors (Lipinski definition) is 4. The quantitative estimate of drug-likeness (QED) is 0.763. The first-order valence-corrected chi connectivity index (χ1v) is 9.70. The van der Waals surface area contributed by atoms with Crippen LogP contribution in [0.3, 0.4) is 0 Å². The van der Waals surface area contributed by atoms with E-state index in [1.807, 2.05) is 31.2 Å². The number of carbonyl (C=O) groups excluding carboxylic acids is 1. The van der Waals surface area contributed by atoms with Gasteiger partial charge < -0.3 is 24.6 Å². The van der Waals surface area contributed by atoms with Gasteiger partial charge in [0.25, 0.3) is 0 Å². The lowest BCUT2D eigenvalue weighted by molar-refractivity contribution is -0.274. The molecule has 0 saturated carbocycles. The summed E-state index contributed by atoms with van der Waals surface area (Å²) in [6, 6.07) is 13.2. The van der Waals surface area contributed by atoms with Gasteiger partial charge in [-0.3, -0.25) is 0 Å². The van der Waals surface area contributed by atoms with Crippen LogP contribution < -0.4 is 19.7 Å². The van der Waals surface area contributed by atoms with E-state index >= 15 is 0 Å². The molecular formula is C21H24F3N3O3. The number of piperazine rings is 1. The number of halogens is 3. The van der Waals surface area contributed by atoms with Crippen LogP contribution in [-0.4, -0.2) is 50.1 Å². The molecule has 2 aromatic carbocycles. The molecule has 2 amide bonds. The third-order valence-corrected chi connectivity index (χ3v) is 4.70. The Kier molecular flexibility index (Phi) is 6.91. The fourth-order valence-corrected chi connectivity index (χ4v) is 3.30. The Balaban J connectivity index is 1.55. The highest BCUT2D eigenvalue weighted by Gasteiger charge is 2.32. The summed E-state index contributed by atoms with van der Waals surface area (Å²) in [5.74, 6) is 0.488. The van der Waals surface area contributed by atoms with Crippen molar-refractivity contribution in [2.45, 2.75) is 19.8 Å². The minimum absolute atomic E-state index is 0.0571. The number of hydrogen-bond donors (Lipinski definition) is 1. The lowest BCUT2D eigenvalue weighted by Gasteiger charge is -2.36. The summed E-state index contributed by atoms with van der Waals surface area (Å²) in [7, 11) is 0. The maximum Gasteiger partial charge on any atom is 0.573 e. The molecule has 1 heterocycles. The van der Waals surface area contributed by atoms with Crippen LogP contribution in [0.1, 0.15) is 12.5 Å². The number of alkyl halides is 3. The van der Waals surface area contributed by atoms with Crippen LogP contribution in [0.15, 0.2) is 48.5 Å². The SMILES string of the molecule is CCOc1ccccc1N1CCN(C(=O)NCc2ccccc2OC(F)(F)F)CC1. The molecule has 30 heavy (non-hydrogen) atoms. The van der Waals surface area contributed by atoms with Gasteiger partial charge >= 0.3 is 12.4 Å².